The molecular weight excluding hydrogens is 506 g/mol. The van der Waals surface area contributed by atoms with E-state index in [1.54, 1.807) is 11.0 Å². The maximum Gasteiger partial charge on any atom is 0.244 e. The summed E-state index contributed by atoms with van der Waals surface area (Å²) >= 11 is 3.46. The maximum atomic E-state index is 13.7. The van der Waals surface area contributed by atoms with Crippen molar-refractivity contribution in [1.82, 2.24) is 9.21 Å². The molecule has 2 amide bonds. The second-order valence-corrected chi connectivity index (χ2v) is 12.3. The molecule has 182 valence electrons. The molecule has 0 radical (unpaired) electrons. The second-order valence-electron chi connectivity index (χ2n) is 9.50. The number of carbonyl (C=O) groups excluding carboxylic acids is 2. The number of rotatable bonds is 5. The van der Waals surface area contributed by atoms with Crippen molar-refractivity contribution in [2.75, 3.05) is 31.6 Å². The minimum atomic E-state index is -3.81. The summed E-state index contributed by atoms with van der Waals surface area (Å²) in [4.78, 5) is 29.3. The van der Waals surface area contributed by atoms with Crippen LogP contribution in [-0.4, -0.2) is 62.2 Å². The van der Waals surface area contributed by atoms with E-state index in [1.807, 2.05) is 24.9 Å². The molecule has 1 saturated carbocycles. The standard InChI is InChI=1S/C24H34BrN3O4S/c1-3-23(29)28-13-11-17-14-20(25)22(15-21(17)28)33(31,32)27-12-7-8-18(16-27)24(30)26(2)19-9-5-4-6-10-19/h14-15,18-19H,3-13,16H2,1-2H3. The molecule has 2 fully saturated rings. The monoisotopic (exact) mass is 539 g/mol. The molecule has 0 bridgehead atoms. The van der Waals surface area contributed by atoms with Gasteiger partial charge in [0.2, 0.25) is 21.8 Å². The van der Waals surface area contributed by atoms with Gasteiger partial charge in [-0.05, 0) is 65.7 Å². The molecule has 7 nitrogen and oxygen atoms in total. The molecule has 3 aliphatic rings. The number of carbonyl (C=O) groups is 2. The highest BCUT2D eigenvalue weighted by Gasteiger charge is 2.37. The Balaban J connectivity index is 1.55. The number of fused-ring (bicyclic) bond motifs is 1. The van der Waals surface area contributed by atoms with Crippen LogP contribution in [0.5, 0.6) is 0 Å². The minimum absolute atomic E-state index is 0.00574. The average molecular weight is 541 g/mol. The van der Waals surface area contributed by atoms with E-state index < -0.39 is 10.0 Å². The summed E-state index contributed by atoms with van der Waals surface area (Å²) in [6.45, 7) is 3.00. The van der Waals surface area contributed by atoms with Gasteiger partial charge in [0.1, 0.15) is 0 Å². The summed E-state index contributed by atoms with van der Waals surface area (Å²) in [6.07, 6.45) is 8.07. The highest BCUT2D eigenvalue weighted by Crippen LogP contribution is 2.38. The largest absolute Gasteiger partial charge is 0.342 e. The van der Waals surface area contributed by atoms with Crippen LogP contribution >= 0.6 is 15.9 Å². The lowest BCUT2D eigenvalue weighted by Crippen LogP contribution is -2.48. The lowest BCUT2D eigenvalue weighted by Gasteiger charge is -2.37. The predicted octanol–water partition coefficient (Wildman–Crippen LogP) is 3.94. The first-order chi connectivity index (χ1) is 15.7. The smallest absolute Gasteiger partial charge is 0.244 e. The maximum absolute atomic E-state index is 13.7. The van der Waals surface area contributed by atoms with Crippen molar-refractivity contribution in [3.63, 3.8) is 0 Å². The molecule has 1 atom stereocenters. The van der Waals surface area contributed by atoms with Crippen LogP contribution in [0.3, 0.4) is 0 Å². The Kier molecular flexibility index (Phi) is 7.50. The molecule has 9 heteroatoms. The first kappa shape index (κ1) is 24.7. The SMILES string of the molecule is CCC(=O)N1CCc2cc(Br)c(S(=O)(=O)N3CCCC(C(=O)N(C)C4CCCCC4)C3)cc21. The van der Waals surface area contributed by atoms with Crippen LogP contribution in [0.15, 0.2) is 21.5 Å². The van der Waals surface area contributed by atoms with Crippen LogP contribution in [0.25, 0.3) is 0 Å². The van der Waals surface area contributed by atoms with Crippen LogP contribution in [0.2, 0.25) is 0 Å². The Morgan fingerprint density at radius 1 is 1.09 bits per heavy atom. The third-order valence-electron chi connectivity index (χ3n) is 7.45. The van der Waals surface area contributed by atoms with Gasteiger partial charge in [-0.2, -0.15) is 4.31 Å². The summed E-state index contributed by atoms with van der Waals surface area (Å²) in [7, 11) is -1.93. The quantitative estimate of drug-likeness (QED) is 0.567. The molecule has 2 heterocycles. The topological polar surface area (TPSA) is 78.0 Å². The van der Waals surface area contributed by atoms with Crippen molar-refractivity contribution in [2.24, 2.45) is 5.92 Å². The van der Waals surface area contributed by atoms with Gasteiger partial charge in [0.25, 0.3) is 0 Å². The number of hydrogen-bond donors (Lipinski definition) is 0. The van der Waals surface area contributed by atoms with Crippen LogP contribution in [-0.2, 0) is 26.0 Å². The molecule has 0 spiro atoms. The first-order valence-corrected chi connectivity index (χ1v) is 14.4. The van der Waals surface area contributed by atoms with Crippen molar-refractivity contribution in [3.05, 3.63) is 22.2 Å². The third kappa shape index (κ3) is 4.86. The number of amides is 2. The molecule has 1 aromatic rings. The number of benzene rings is 1. The highest BCUT2D eigenvalue weighted by molar-refractivity contribution is 9.10. The van der Waals surface area contributed by atoms with E-state index in [2.05, 4.69) is 15.9 Å². The van der Waals surface area contributed by atoms with E-state index in [4.69, 9.17) is 0 Å². The van der Waals surface area contributed by atoms with E-state index in [-0.39, 0.29) is 35.2 Å². The van der Waals surface area contributed by atoms with Crippen molar-refractivity contribution in [3.8, 4) is 0 Å². The molecule has 1 unspecified atom stereocenters. The Labute approximate surface area is 205 Å². The second kappa shape index (κ2) is 10.0. The van der Waals surface area contributed by atoms with Gasteiger partial charge in [0, 0.05) is 49.3 Å². The zero-order valence-corrected chi connectivity index (χ0v) is 22.0. The predicted molar refractivity (Wildman–Crippen MR) is 132 cm³/mol. The van der Waals surface area contributed by atoms with Gasteiger partial charge in [-0.3, -0.25) is 9.59 Å². The van der Waals surface area contributed by atoms with Gasteiger partial charge in [0.15, 0.2) is 0 Å². The summed E-state index contributed by atoms with van der Waals surface area (Å²) in [6, 6.07) is 3.73. The van der Waals surface area contributed by atoms with Crippen molar-refractivity contribution < 1.29 is 18.0 Å². The number of anilines is 1. The number of nitrogens with zero attached hydrogens (tertiary/aromatic N) is 3. The van der Waals surface area contributed by atoms with E-state index in [0.29, 0.717) is 48.9 Å². The first-order valence-electron chi connectivity index (χ1n) is 12.1. The van der Waals surface area contributed by atoms with E-state index >= 15 is 0 Å². The van der Waals surface area contributed by atoms with Crippen LogP contribution in [0.1, 0.15) is 63.9 Å². The molecule has 0 N–H and O–H groups in total. The Morgan fingerprint density at radius 3 is 2.52 bits per heavy atom. The van der Waals surface area contributed by atoms with Gasteiger partial charge < -0.3 is 9.80 Å². The molecule has 1 aliphatic carbocycles. The minimum Gasteiger partial charge on any atom is -0.342 e. The van der Waals surface area contributed by atoms with Gasteiger partial charge in [0.05, 0.1) is 10.8 Å². The fourth-order valence-electron chi connectivity index (χ4n) is 5.47. The molecule has 1 saturated heterocycles. The van der Waals surface area contributed by atoms with Gasteiger partial charge >= 0.3 is 0 Å². The van der Waals surface area contributed by atoms with Crippen molar-refractivity contribution in [1.29, 1.82) is 0 Å². The normalized spacial score (nSPS) is 22.3. The summed E-state index contributed by atoms with van der Waals surface area (Å²) < 4.78 is 29.3. The lowest BCUT2D eigenvalue weighted by molar-refractivity contribution is -0.138. The highest BCUT2D eigenvalue weighted by atomic mass is 79.9. The summed E-state index contributed by atoms with van der Waals surface area (Å²) in [5.41, 5.74) is 1.66. The molecule has 1 aromatic carbocycles. The molecule has 33 heavy (non-hydrogen) atoms. The van der Waals surface area contributed by atoms with Gasteiger partial charge in [-0.1, -0.05) is 26.2 Å². The van der Waals surface area contributed by atoms with E-state index in [9.17, 15) is 18.0 Å². The zero-order valence-electron chi connectivity index (χ0n) is 19.6. The third-order valence-corrected chi connectivity index (χ3v) is 10.3. The van der Waals surface area contributed by atoms with Crippen molar-refractivity contribution >= 4 is 43.5 Å². The zero-order chi connectivity index (χ0) is 23.8. The van der Waals surface area contributed by atoms with E-state index in [0.717, 1.165) is 31.2 Å². The number of halogens is 1. The number of sulfonamides is 1. The Morgan fingerprint density at radius 2 is 1.82 bits per heavy atom. The van der Waals surface area contributed by atoms with Gasteiger partial charge in [-0.15, -0.1) is 0 Å². The fourth-order valence-corrected chi connectivity index (χ4v) is 8.07. The lowest BCUT2D eigenvalue weighted by atomic mass is 9.92. The average Bonchev–Trinajstić information content (AvgIpc) is 3.25. The molecule has 2 aliphatic heterocycles. The number of hydrogen-bond acceptors (Lipinski definition) is 4. The van der Waals surface area contributed by atoms with E-state index in [1.165, 1.54) is 10.7 Å². The molecule has 0 aromatic heterocycles. The summed E-state index contributed by atoms with van der Waals surface area (Å²) in [5, 5.41) is 0. The Bertz CT molecular complexity index is 1020. The van der Waals surface area contributed by atoms with Crippen LogP contribution in [0, 0.1) is 5.92 Å². The molecular formula is C24H34BrN3O4S. The van der Waals surface area contributed by atoms with Crippen LogP contribution in [0.4, 0.5) is 5.69 Å². The van der Waals surface area contributed by atoms with Crippen LogP contribution < -0.4 is 4.90 Å². The number of piperidine rings is 1. The molecule has 4 rings (SSSR count). The summed E-state index contributed by atoms with van der Waals surface area (Å²) in [5.74, 6) is -0.254. The Hall–Kier alpha value is -1.45. The van der Waals surface area contributed by atoms with Gasteiger partial charge in [-0.25, -0.2) is 8.42 Å². The van der Waals surface area contributed by atoms with Crippen molar-refractivity contribution in [2.45, 2.75) is 75.6 Å². The fraction of sp³-hybridized carbons (Fsp3) is 0.667.